The van der Waals surface area contributed by atoms with Crippen molar-refractivity contribution < 1.29 is 24.9 Å². The molecule has 0 fully saturated rings. The molecule has 7 aromatic rings. The molecule has 0 amide bonds. The van der Waals surface area contributed by atoms with Crippen LogP contribution in [0.3, 0.4) is 0 Å². The number of azo groups is 2. The fourth-order valence-electron chi connectivity index (χ4n) is 6.45. The first-order chi connectivity index (χ1) is 30.6. The van der Waals surface area contributed by atoms with Gasteiger partial charge < -0.3 is 26.8 Å². The number of carbonyl (C=O) groups is 2. The Morgan fingerprint density at radius 3 is 1.57 bits per heavy atom. The van der Waals surface area contributed by atoms with Gasteiger partial charge in [-0.15, -0.1) is 20.5 Å². The third-order valence-corrected chi connectivity index (χ3v) is 9.62. The molecule has 24 heteroatoms. The number of aryl methyl sites for hydroxylation is 2. The Labute approximate surface area is 368 Å². The zero-order valence-electron chi connectivity index (χ0n) is 36.0. The standard InChI is InChI=1S/C41H39N19O5/c1-19-25(18-42)33(57(53-19)23-14-10-12-21(16-23)35(61)62)51-49-27-29(40(3,4)5)55-59(31(27)43)37-46-38(48-39(65)47-37)60-32(44)28(30(56-60)41(6,7)8)50-52-34-26(45-9)20(2)54-58(34)24-15-11-13-22(17-24)36(63)64/h10-17H,43-44H2,1-8H3,(H,61,62)(H,63,64)(H,46,47,48,65). The number of nitrogens with two attached hydrogens (primary N) is 2. The van der Waals surface area contributed by atoms with Gasteiger partial charge in [0, 0.05) is 10.8 Å². The van der Waals surface area contributed by atoms with Crippen molar-refractivity contribution in [2.24, 2.45) is 20.5 Å². The summed E-state index contributed by atoms with van der Waals surface area (Å²) in [7, 11) is 0. The van der Waals surface area contributed by atoms with E-state index in [4.69, 9.17) is 18.0 Å². The van der Waals surface area contributed by atoms with E-state index in [9.17, 15) is 30.2 Å². The van der Waals surface area contributed by atoms with E-state index in [1.54, 1.807) is 26.0 Å². The SMILES string of the molecule is [C-]#[N+]c1c(C)nn(-c2cccc(C(=O)O)c2)c1N=Nc1c(C(C)(C)C)nn(-c2nc(O)nc(-n3nc(C(C)(C)C)c(N=Nc4c(C#N)c(C)nn4-c4cccc(C(=O)O)c4)c3N)n2)c1N. The normalized spacial score (nSPS) is 12.0. The highest BCUT2D eigenvalue weighted by atomic mass is 16.4. The lowest BCUT2D eigenvalue weighted by atomic mass is 9.91. The molecule has 2 aromatic carbocycles. The zero-order valence-corrected chi connectivity index (χ0v) is 36.0. The monoisotopic (exact) mass is 877 g/mol. The van der Waals surface area contributed by atoms with Crippen molar-refractivity contribution in [3.8, 4) is 35.4 Å². The van der Waals surface area contributed by atoms with Crippen molar-refractivity contribution in [3.63, 3.8) is 0 Å². The van der Waals surface area contributed by atoms with E-state index in [0.29, 0.717) is 34.2 Å². The first kappa shape index (κ1) is 43.9. The molecule has 0 saturated carbocycles. The third kappa shape index (κ3) is 8.17. The molecule has 7 rings (SSSR count). The lowest BCUT2D eigenvalue weighted by Crippen LogP contribution is -2.16. The number of nitrogens with zero attached hydrogens (tertiary/aromatic N) is 17. The third-order valence-electron chi connectivity index (χ3n) is 9.62. The highest BCUT2D eigenvalue weighted by Gasteiger charge is 2.31. The lowest BCUT2D eigenvalue weighted by molar-refractivity contribution is 0.0686. The molecular formula is C41H39N19O5. The number of aromatic nitrogens is 11. The van der Waals surface area contributed by atoms with Gasteiger partial charge in [0.2, 0.25) is 0 Å². The summed E-state index contributed by atoms with van der Waals surface area (Å²) in [6.07, 6.45) is 0. The van der Waals surface area contributed by atoms with Crippen LogP contribution in [0, 0.1) is 31.8 Å². The van der Waals surface area contributed by atoms with Crippen molar-refractivity contribution in [3.05, 3.63) is 99.4 Å². The highest BCUT2D eigenvalue weighted by molar-refractivity contribution is 5.89. The van der Waals surface area contributed by atoms with E-state index in [1.807, 2.05) is 41.5 Å². The van der Waals surface area contributed by atoms with Gasteiger partial charge in [-0.1, -0.05) is 53.7 Å². The maximum atomic E-state index is 11.7. The molecule has 0 spiro atoms. The van der Waals surface area contributed by atoms with Crippen LogP contribution in [0.1, 0.15) is 90.6 Å². The van der Waals surface area contributed by atoms with Gasteiger partial charge in [-0.05, 0) is 50.2 Å². The summed E-state index contributed by atoms with van der Waals surface area (Å²) >= 11 is 0. The summed E-state index contributed by atoms with van der Waals surface area (Å²) in [6.45, 7) is 22.1. The first-order valence-corrected chi connectivity index (χ1v) is 19.3. The Morgan fingerprint density at radius 2 is 1.14 bits per heavy atom. The van der Waals surface area contributed by atoms with Crippen LogP contribution in [0.25, 0.3) is 28.1 Å². The summed E-state index contributed by atoms with van der Waals surface area (Å²) in [5, 5.41) is 76.1. The van der Waals surface area contributed by atoms with Gasteiger partial charge in [-0.2, -0.15) is 50.0 Å². The van der Waals surface area contributed by atoms with Crippen LogP contribution in [0.15, 0.2) is 69.0 Å². The second kappa shape index (κ2) is 16.3. The maximum Gasteiger partial charge on any atom is 0.335 e. The predicted octanol–water partition coefficient (Wildman–Crippen LogP) is 7.35. The molecule has 65 heavy (non-hydrogen) atoms. The molecule has 0 saturated heterocycles. The number of rotatable bonds is 10. The number of hydrogen-bond acceptors (Lipinski definition) is 17. The van der Waals surface area contributed by atoms with Crippen LogP contribution in [0.2, 0.25) is 0 Å². The average molecular weight is 878 g/mol. The minimum absolute atomic E-state index is 0.000250. The van der Waals surface area contributed by atoms with Gasteiger partial charge in [0.1, 0.15) is 11.6 Å². The van der Waals surface area contributed by atoms with E-state index in [-0.39, 0.29) is 68.9 Å². The van der Waals surface area contributed by atoms with E-state index < -0.39 is 28.8 Å². The average Bonchev–Trinajstić information content (AvgIpc) is 3.97. The zero-order chi connectivity index (χ0) is 47.3. The molecule has 24 nitrogen and oxygen atoms in total. The Morgan fingerprint density at radius 1 is 0.692 bits per heavy atom. The molecule has 0 radical (unpaired) electrons. The molecule has 5 heterocycles. The Balaban J connectivity index is 1.33. The van der Waals surface area contributed by atoms with E-state index in [2.05, 4.69) is 66.7 Å². The number of hydrogen-bond donors (Lipinski definition) is 5. The molecule has 5 aromatic heterocycles. The number of benzene rings is 2. The number of carboxylic acids is 2. The summed E-state index contributed by atoms with van der Waals surface area (Å²) < 4.78 is 4.83. The van der Waals surface area contributed by atoms with Crippen LogP contribution in [0.4, 0.5) is 40.3 Å². The summed E-state index contributed by atoms with van der Waals surface area (Å²) in [5.74, 6) is -3.12. The van der Waals surface area contributed by atoms with Gasteiger partial charge in [0.15, 0.2) is 34.6 Å². The van der Waals surface area contributed by atoms with Crippen molar-refractivity contribution in [2.75, 3.05) is 11.5 Å². The Kier molecular flexibility index (Phi) is 11.0. The fraction of sp³-hybridized carbons (Fsp3) is 0.244. The smallest absolute Gasteiger partial charge is 0.335 e. The molecule has 328 valence electrons. The van der Waals surface area contributed by atoms with Gasteiger partial charge in [-0.3, -0.25) is 0 Å². The van der Waals surface area contributed by atoms with Gasteiger partial charge in [0.05, 0.1) is 51.8 Å². The lowest BCUT2D eigenvalue weighted by Gasteiger charge is -2.15. The topological polar surface area (TPSA) is 334 Å². The largest absolute Gasteiger partial charge is 0.479 e. The van der Waals surface area contributed by atoms with Gasteiger partial charge >= 0.3 is 17.9 Å². The number of aromatic carboxylic acids is 2. The highest BCUT2D eigenvalue weighted by Crippen LogP contribution is 2.42. The molecule has 7 N–H and O–H groups in total. The van der Waals surface area contributed by atoms with Gasteiger partial charge in [0.25, 0.3) is 17.6 Å². The number of nitriles is 1. The molecule has 0 aliphatic heterocycles. The summed E-state index contributed by atoms with van der Waals surface area (Å²) in [4.78, 5) is 39.8. The molecular weight excluding hydrogens is 839 g/mol. The first-order valence-electron chi connectivity index (χ1n) is 19.3. The van der Waals surface area contributed by atoms with Crippen molar-refractivity contribution in [2.45, 2.75) is 66.2 Å². The molecule has 0 unspecified atom stereocenters. The van der Waals surface area contributed by atoms with Crippen LogP contribution in [0.5, 0.6) is 6.01 Å². The quantitative estimate of drug-likeness (QED) is 0.0662. The van der Waals surface area contributed by atoms with E-state index in [1.165, 1.54) is 45.8 Å². The number of anilines is 2. The van der Waals surface area contributed by atoms with Crippen LogP contribution < -0.4 is 11.5 Å². The number of aromatic hydroxyl groups is 1. The van der Waals surface area contributed by atoms with Gasteiger partial charge in [-0.25, -0.2) is 23.8 Å². The molecule has 0 aliphatic carbocycles. The summed E-state index contributed by atoms with van der Waals surface area (Å²) in [6, 6.07) is 13.2. The second-order valence-electron chi connectivity index (χ2n) is 16.4. The predicted molar refractivity (Wildman–Crippen MR) is 232 cm³/mol. The fourth-order valence-corrected chi connectivity index (χ4v) is 6.45. The van der Waals surface area contributed by atoms with E-state index >= 15 is 0 Å². The second-order valence-corrected chi connectivity index (χ2v) is 16.4. The summed E-state index contributed by atoms with van der Waals surface area (Å²) in [5.41, 5.74) is 14.1. The van der Waals surface area contributed by atoms with Crippen LogP contribution in [-0.4, -0.2) is 81.3 Å². The van der Waals surface area contributed by atoms with Crippen molar-refractivity contribution >= 4 is 52.3 Å². The molecule has 0 atom stereocenters. The molecule has 0 bridgehead atoms. The maximum absolute atomic E-state index is 11.7. The van der Waals surface area contributed by atoms with Crippen molar-refractivity contribution in [1.29, 1.82) is 5.26 Å². The Hall–Kier alpha value is -9.19. The molecule has 0 aliphatic rings. The van der Waals surface area contributed by atoms with Crippen LogP contribution in [-0.2, 0) is 10.8 Å². The Bertz CT molecular complexity index is 3020. The van der Waals surface area contributed by atoms with E-state index in [0.717, 1.165) is 9.36 Å². The number of carboxylic acid groups (broad SMARTS) is 2. The minimum Gasteiger partial charge on any atom is -0.479 e. The number of nitrogen functional groups attached to an aromatic ring is 2. The minimum atomic E-state index is -1.16. The van der Waals surface area contributed by atoms with Crippen LogP contribution >= 0.6 is 0 Å². The van der Waals surface area contributed by atoms with Crippen molar-refractivity contribution in [1.82, 2.24) is 54.1 Å².